The van der Waals surface area contributed by atoms with E-state index in [1.807, 2.05) is 52.0 Å². The highest BCUT2D eigenvalue weighted by atomic mass is 32.2. The van der Waals surface area contributed by atoms with E-state index in [4.69, 9.17) is 0 Å². The standard InChI is InChI=1S/C24H31FN2O2S/c1-17-7-6-8-20(13-17)14-27(18(2)23(29)26-24(3,4)5)22(28)16-30-15-19-9-11-21(25)12-10-19/h6-13,18H,14-16H2,1-5H3,(H,26,29). The van der Waals surface area contributed by atoms with E-state index in [1.54, 1.807) is 24.0 Å². The lowest BCUT2D eigenvalue weighted by molar-refractivity contribution is -0.139. The van der Waals surface area contributed by atoms with Crippen molar-refractivity contribution in [3.05, 3.63) is 71.0 Å². The van der Waals surface area contributed by atoms with Gasteiger partial charge < -0.3 is 10.2 Å². The number of nitrogens with zero attached hydrogens (tertiary/aromatic N) is 1. The van der Waals surface area contributed by atoms with E-state index in [0.29, 0.717) is 12.3 Å². The molecule has 2 aromatic carbocycles. The number of benzene rings is 2. The van der Waals surface area contributed by atoms with Gasteiger partial charge in [-0.1, -0.05) is 42.0 Å². The fourth-order valence-electron chi connectivity index (χ4n) is 2.98. The molecule has 4 nitrogen and oxygen atoms in total. The molecule has 2 rings (SSSR count). The van der Waals surface area contributed by atoms with Crippen LogP contribution in [-0.2, 0) is 21.9 Å². The molecule has 0 aromatic heterocycles. The summed E-state index contributed by atoms with van der Waals surface area (Å²) in [5, 5.41) is 2.96. The Balaban J connectivity index is 2.09. The van der Waals surface area contributed by atoms with Crippen LogP contribution < -0.4 is 5.32 Å². The second kappa shape index (κ2) is 10.6. The number of amides is 2. The topological polar surface area (TPSA) is 49.4 Å². The predicted molar refractivity (Wildman–Crippen MR) is 122 cm³/mol. The average molecular weight is 431 g/mol. The summed E-state index contributed by atoms with van der Waals surface area (Å²) in [6.07, 6.45) is 0. The second-order valence-electron chi connectivity index (χ2n) is 8.55. The van der Waals surface area contributed by atoms with Gasteiger partial charge in [0.25, 0.3) is 0 Å². The van der Waals surface area contributed by atoms with Crippen LogP contribution in [0.5, 0.6) is 0 Å². The van der Waals surface area contributed by atoms with Gasteiger partial charge in [-0.2, -0.15) is 0 Å². The van der Waals surface area contributed by atoms with Crippen molar-refractivity contribution >= 4 is 23.6 Å². The van der Waals surface area contributed by atoms with Crippen molar-refractivity contribution in [2.75, 3.05) is 5.75 Å². The number of aryl methyl sites for hydroxylation is 1. The number of nitrogens with one attached hydrogen (secondary N) is 1. The molecule has 0 saturated heterocycles. The maximum atomic E-state index is 13.1. The monoisotopic (exact) mass is 430 g/mol. The van der Waals surface area contributed by atoms with Gasteiger partial charge in [0.05, 0.1) is 5.75 Å². The molecule has 1 N–H and O–H groups in total. The van der Waals surface area contributed by atoms with Crippen LogP contribution in [-0.4, -0.2) is 34.0 Å². The van der Waals surface area contributed by atoms with E-state index < -0.39 is 6.04 Å². The zero-order valence-corrected chi connectivity index (χ0v) is 19.2. The fourth-order valence-corrected chi connectivity index (χ4v) is 3.85. The maximum absolute atomic E-state index is 13.1. The Labute approximate surface area is 183 Å². The summed E-state index contributed by atoms with van der Waals surface area (Å²) in [6.45, 7) is 9.90. The van der Waals surface area contributed by atoms with Gasteiger partial charge in [-0.05, 0) is 57.9 Å². The van der Waals surface area contributed by atoms with Crippen LogP contribution in [0.15, 0.2) is 48.5 Å². The number of hydrogen-bond acceptors (Lipinski definition) is 3. The van der Waals surface area contributed by atoms with Crippen molar-refractivity contribution in [3.63, 3.8) is 0 Å². The van der Waals surface area contributed by atoms with Gasteiger partial charge in [-0.25, -0.2) is 4.39 Å². The first kappa shape index (κ1) is 23.9. The van der Waals surface area contributed by atoms with Crippen LogP contribution in [0.1, 0.15) is 44.4 Å². The highest BCUT2D eigenvalue weighted by molar-refractivity contribution is 7.99. The van der Waals surface area contributed by atoms with Gasteiger partial charge in [0.1, 0.15) is 11.9 Å². The Hall–Kier alpha value is -2.34. The Bertz CT molecular complexity index is 862. The molecule has 2 aromatic rings. The van der Waals surface area contributed by atoms with Crippen LogP contribution in [0.3, 0.4) is 0 Å². The zero-order chi connectivity index (χ0) is 22.3. The molecule has 1 unspecified atom stereocenters. The van der Waals surface area contributed by atoms with Crippen molar-refractivity contribution in [3.8, 4) is 0 Å². The summed E-state index contributed by atoms with van der Waals surface area (Å²) < 4.78 is 13.1. The molecule has 0 saturated carbocycles. The molecule has 0 fully saturated rings. The Kier molecular flexibility index (Phi) is 8.47. The zero-order valence-electron chi connectivity index (χ0n) is 18.4. The summed E-state index contributed by atoms with van der Waals surface area (Å²) in [4.78, 5) is 27.4. The maximum Gasteiger partial charge on any atom is 0.242 e. The lowest BCUT2D eigenvalue weighted by Gasteiger charge is -2.31. The Morgan fingerprint density at radius 3 is 2.37 bits per heavy atom. The molecule has 0 heterocycles. The summed E-state index contributed by atoms with van der Waals surface area (Å²) in [6, 6.07) is 13.6. The number of thioether (sulfide) groups is 1. The minimum atomic E-state index is -0.594. The third kappa shape index (κ3) is 7.82. The molecule has 30 heavy (non-hydrogen) atoms. The average Bonchev–Trinajstić information content (AvgIpc) is 2.65. The highest BCUT2D eigenvalue weighted by Gasteiger charge is 2.28. The number of carbonyl (C=O) groups is 2. The molecule has 0 aliphatic carbocycles. The van der Waals surface area contributed by atoms with Crippen LogP contribution in [0.4, 0.5) is 4.39 Å². The van der Waals surface area contributed by atoms with Gasteiger partial charge in [-0.15, -0.1) is 11.8 Å². The van der Waals surface area contributed by atoms with Crippen molar-refractivity contribution in [1.82, 2.24) is 10.2 Å². The summed E-state index contributed by atoms with van der Waals surface area (Å²) in [5.41, 5.74) is 2.68. The summed E-state index contributed by atoms with van der Waals surface area (Å²) in [7, 11) is 0. The van der Waals surface area contributed by atoms with E-state index in [0.717, 1.165) is 16.7 Å². The first-order chi connectivity index (χ1) is 14.0. The summed E-state index contributed by atoms with van der Waals surface area (Å²) in [5.74, 6) is 0.304. The quantitative estimate of drug-likeness (QED) is 0.660. The third-order valence-electron chi connectivity index (χ3n) is 4.51. The van der Waals surface area contributed by atoms with E-state index >= 15 is 0 Å². The molecule has 162 valence electrons. The first-order valence-corrected chi connectivity index (χ1v) is 11.2. The largest absolute Gasteiger partial charge is 0.350 e. The minimum Gasteiger partial charge on any atom is -0.350 e. The molecule has 0 radical (unpaired) electrons. The molecule has 6 heteroatoms. The Morgan fingerprint density at radius 1 is 1.10 bits per heavy atom. The molecule has 0 aliphatic rings. The van der Waals surface area contributed by atoms with Crippen molar-refractivity contribution in [2.45, 2.75) is 58.5 Å². The normalized spacial score (nSPS) is 12.3. The molecule has 0 bridgehead atoms. The van der Waals surface area contributed by atoms with Crippen LogP contribution in [0.2, 0.25) is 0 Å². The third-order valence-corrected chi connectivity index (χ3v) is 5.50. The predicted octanol–water partition coefficient (Wildman–Crippen LogP) is 4.70. The van der Waals surface area contributed by atoms with Crippen LogP contribution >= 0.6 is 11.8 Å². The lowest BCUT2D eigenvalue weighted by atomic mass is 10.1. The van der Waals surface area contributed by atoms with Gasteiger partial charge in [0.2, 0.25) is 11.8 Å². The smallest absolute Gasteiger partial charge is 0.242 e. The number of carbonyl (C=O) groups excluding carboxylic acids is 2. The van der Waals surface area contributed by atoms with E-state index in [9.17, 15) is 14.0 Å². The second-order valence-corrected chi connectivity index (χ2v) is 9.53. The molecule has 0 spiro atoms. The molecular formula is C24H31FN2O2S. The minimum absolute atomic E-state index is 0.0971. The number of rotatable bonds is 8. The van der Waals surface area contributed by atoms with E-state index in [2.05, 4.69) is 5.32 Å². The Morgan fingerprint density at radius 2 is 1.77 bits per heavy atom. The molecular weight excluding hydrogens is 399 g/mol. The SMILES string of the molecule is Cc1cccc(CN(C(=O)CSCc2ccc(F)cc2)C(C)C(=O)NC(C)(C)C)c1. The lowest BCUT2D eigenvalue weighted by Crippen LogP contribution is -2.52. The van der Waals surface area contributed by atoms with Crippen LogP contribution in [0, 0.1) is 12.7 Å². The molecule has 0 aliphatic heterocycles. The van der Waals surface area contributed by atoms with Gasteiger partial charge >= 0.3 is 0 Å². The van der Waals surface area contributed by atoms with Gasteiger partial charge in [-0.3, -0.25) is 9.59 Å². The summed E-state index contributed by atoms with van der Waals surface area (Å²) >= 11 is 1.46. The van der Waals surface area contributed by atoms with Crippen molar-refractivity contribution in [2.24, 2.45) is 0 Å². The van der Waals surface area contributed by atoms with E-state index in [-0.39, 0.29) is 28.9 Å². The van der Waals surface area contributed by atoms with Crippen molar-refractivity contribution in [1.29, 1.82) is 0 Å². The molecule has 2 amide bonds. The number of hydrogen-bond donors (Lipinski definition) is 1. The van der Waals surface area contributed by atoms with E-state index in [1.165, 1.54) is 23.9 Å². The number of halogens is 1. The van der Waals surface area contributed by atoms with Crippen LogP contribution in [0.25, 0.3) is 0 Å². The molecule has 1 atom stereocenters. The van der Waals surface area contributed by atoms with Gasteiger partial charge in [0.15, 0.2) is 0 Å². The fraction of sp³-hybridized carbons (Fsp3) is 0.417. The van der Waals surface area contributed by atoms with Crippen molar-refractivity contribution < 1.29 is 14.0 Å². The van der Waals surface area contributed by atoms with Gasteiger partial charge in [0, 0.05) is 17.8 Å². The highest BCUT2D eigenvalue weighted by Crippen LogP contribution is 2.17. The first-order valence-electron chi connectivity index (χ1n) is 10.0.